The van der Waals surface area contributed by atoms with E-state index in [4.69, 9.17) is 5.11 Å². The largest absolute Gasteiger partial charge is 0.481 e. The van der Waals surface area contributed by atoms with E-state index in [1.165, 1.54) is 11.3 Å². The third kappa shape index (κ3) is 3.27. The highest BCUT2D eigenvalue weighted by atomic mass is 32.1. The van der Waals surface area contributed by atoms with Crippen molar-refractivity contribution >= 4 is 22.4 Å². The van der Waals surface area contributed by atoms with Gasteiger partial charge in [0.15, 0.2) is 5.13 Å². The molecule has 0 spiro atoms. The number of thiazole rings is 1. The highest BCUT2D eigenvalue weighted by molar-refractivity contribution is 7.13. The number of carboxylic acids is 1. The lowest BCUT2D eigenvalue weighted by atomic mass is 10.2. The van der Waals surface area contributed by atoms with Crippen LogP contribution < -0.4 is 5.32 Å². The summed E-state index contributed by atoms with van der Waals surface area (Å²) < 4.78 is 0. The first-order valence-electron chi connectivity index (χ1n) is 5.45. The fraction of sp³-hybridized carbons (Fsp3) is 0.250. The van der Waals surface area contributed by atoms with Crippen LogP contribution >= 0.6 is 11.3 Å². The molecule has 0 aromatic carbocycles. The van der Waals surface area contributed by atoms with Gasteiger partial charge >= 0.3 is 5.97 Å². The molecule has 94 valence electrons. The number of anilines is 1. The van der Waals surface area contributed by atoms with Crippen LogP contribution in [0.25, 0.3) is 0 Å². The molecule has 0 aliphatic carbocycles. The smallest absolute Gasteiger partial charge is 0.309 e. The van der Waals surface area contributed by atoms with Gasteiger partial charge in [0.25, 0.3) is 0 Å². The maximum atomic E-state index is 10.5. The van der Waals surface area contributed by atoms with Gasteiger partial charge in [-0.15, -0.1) is 11.3 Å². The van der Waals surface area contributed by atoms with Crippen molar-refractivity contribution in [3.05, 3.63) is 40.7 Å². The van der Waals surface area contributed by atoms with E-state index in [1.54, 1.807) is 11.6 Å². The lowest BCUT2D eigenvalue weighted by Crippen LogP contribution is -2.03. The number of hydrogen-bond acceptors (Lipinski definition) is 5. The van der Waals surface area contributed by atoms with Crippen molar-refractivity contribution in [2.45, 2.75) is 19.9 Å². The van der Waals surface area contributed by atoms with Crippen molar-refractivity contribution in [3.8, 4) is 0 Å². The minimum Gasteiger partial charge on any atom is -0.481 e. The summed E-state index contributed by atoms with van der Waals surface area (Å²) in [4.78, 5) is 18.9. The van der Waals surface area contributed by atoms with Crippen LogP contribution in [-0.2, 0) is 17.8 Å². The molecular weight excluding hydrogens is 250 g/mol. The topological polar surface area (TPSA) is 75.1 Å². The highest BCUT2D eigenvalue weighted by Gasteiger charge is 2.06. The fourth-order valence-corrected chi connectivity index (χ4v) is 2.21. The molecule has 0 fully saturated rings. The number of aryl methyl sites for hydroxylation is 1. The molecule has 2 N–H and O–H groups in total. The Bertz CT molecular complexity index is 554. The molecule has 6 heteroatoms. The third-order valence-electron chi connectivity index (χ3n) is 2.43. The zero-order valence-corrected chi connectivity index (χ0v) is 10.7. The number of carboxylic acid groups (broad SMARTS) is 1. The van der Waals surface area contributed by atoms with Crippen LogP contribution in [0.4, 0.5) is 5.13 Å². The van der Waals surface area contributed by atoms with Gasteiger partial charge in [0.1, 0.15) is 0 Å². The maximum Gasteiger partial charge on any atom is 0.309 e. The Balaban J connectivity index is 1.96. The summed E-state index contributed by atoms with van der Waals surface area (Å²) in [5.74, 6) is -0.866. The average Bonchev–Trinajstić information content (AvgIpc) is 2.75. The minimum absolute atomic E-state index is 0.0376. The predicted octanol–water partition coefficient (Wildman–Crippen LogP) is 2.09. The summed E-state index contributed by atoms with van der Waals surface area (Å²) >= 11 is 1.41. The van der Waals surface area contributed by atoms with Crippen molar-refractivity contribution in [1.29, 1.82) is 0 Å². The Morgan fingerprint density at radius 2 is 2.39 bits per heavy atom. The van der Waals surface area contributed by atoms with E-state index in [9.17, 15) is 4.79 Å². The summed E-state index contributed by atoms with van der Waals surface area (Å²) in [6.07, 6.45) is 1.72. The first-order valence-corrected chi connectivity index (χ1v) is 6.33. The molecule has 2 aromatic heterocycles. The van der Waals surface area contributed by atoms with Gasteiger partial charge < -0.3 is 10.4 Å². The average molecular weight is 263 g/mol. The SMILES string of the molecule is Cc1ncccc1CNc1nc(CC(=O)O)cs1. The summed E-state index contributed by atoms with van der Waals surface area (Å²) in [6.45, 7) is 2.59. The number of aliphatic carboxylic acids is 1. The molecule has 5 nitrogen and oxygen atoms in total. The van der Waals surface area contributed by atoms with Gasteiger partial charge in [0, 0.05) is 23.8 Å². The van der Waals surface area contributed by atoms with Crippen molar-refractivity contribution in [1.82, 2.24) is 9.97 Å². The number of nitrogens with zero attached hydrogens (tertiary/aromatic N) is 2. The van der Waals surface area contributed by atoms with E-state index in [-0.39, 0.29) is 6.42 Å². The molecule has 0 aliphatic rings. The standard InChI is InChI=1S/C12H13N3O2S/c1-8-9(3-2-4-13-8)6-14-12-15-10(7-18-12)5-11(16)17/h2-4,7H,5-6H2,1H3,(H,14,15)(H,16,17). The second-order valence-electron chi connectivity index (χ2n) is 3.82. The van der Waals surface area contributed by atoms with Gasteiger partial charge in [-0.1, -0.05) is 6.07 Å². The van der Waals surface area contributed by atoms with E-state index in [1.807, 2.05) is 19.1 Å². The number of aromatic nitrogens is 2. The zero-order chi connectivity index (χ0) is 13.0. The number of carbonyl (C=O) groups is 1. The second kappa shape index (κ2) is 5.59. The normalized spacial score (nSPS) is 10.3. The predicted molar refractivity (Wildman–Crippen MR) is 69.8 cm³/mol. The molecule has 2 heterocycles. The molecule has 0 bridgehead atoms. The molecule has 0 amide bonds. The van der Waals surface area contributed by atoms with Gasteiger partial charge in [-0.25, -0.2) is 4.98 Å². The Morgan fingerprint density at radius 1 is 1.56 bits per heavy atom. The van der Waals surface area contributed by atoms with Gasteiger partial charge in [-0.3, -0.25) is 9.78 Å². The van der Waals surface area contributed by atoms with Crippen LogP contribution in [0.1, 0.15) is 17.0 Å². The van der Waals surface area contributed by atoms with Crippen LogP contribution in [0.3, 0.4) is 0 Å². The van der Waals surface area contributed by atoms with Crippen LogP contribution in [0.2, 0.25) is 0 Å². The highest BCUT2D eigenvalue weighted by Crippen LogP contribution is 2.17. The molecule has 0 radical (unpaired) electrons. The van der Waals surface area contributed by atoms with E-state index in [0.717, 1.165) is 16.4 Å². The monoisotopic (exact) mass is 263 g/mol. The van der Waals surface area contributed by atoms with Gasteiger partial charge in [-0.2, -0.15) is 0 Å². The number of hydrogen-bond donors (Lipinski definition) is 2. The first-order chi connectivity index (χ1) is 8.65. The molecule has 18 heavy (non-hydrogen) atoms. The summed E-state index contributed by atoms with van der Waals surface area (Å²) in [5.41, 5.74) is 2.66. The number of rotatable bonds is 5. The second-order valence-corrected chi connectivity index (χ2v) is 4.67. The van der Waals surface area contributed by atoms with Crippen LogP contribution in [0, 0.1) is 6.92 Å². The Morgan fingerprint density at radius 3 is 3.11 bits per heavy atom. The zero-order valence-electron chi connectivity index (χ0n) is 9.88. The quantitative estimate of drug-likeness (QED) is 0.864. The number of pyridine rings is 1. The molecule has 0 saturated carbocycles. The molecule has 0 aliphatic heterocycles. The van der Waals surface area contributed by atoms with Crippen molar-refractivity contribution < 1.29 is 9.90 Å². The van der Waals surface area contributed by atoms with Crippen LogP contribution in [0.15, 0.2) is 23.7 Å². The lowest BCUT2D eigenvalue weighted by Gasteiger charge is -2.04. The van der Waals surface area contributed by atoms with Gasteiger partial charge in [0.05, 0.1) is 12.1 Å². The van der Waals surface area contributed by atoms with E-state index >= 15 is 0 Å². The Hall–Kier alpha value is -1.95. The van der Waals surface area contributed by atoms with Crippen LogP contribution in [-0.4, -0.2) is 21.0 Å². The number of nitrogens with one attached hydrogen (secondary N) is 1. The van der Waals surface area contributed by atoms with Gasteiger partial charge in [-0.05, 0) is 18.6 Å². The summed E-state index contributed by atoms with van der Waals surface area (Å²) in [6, 6.07) is 3.89. The minimum atomic E-state index is -0.866. The molecular formula is C12H13N3O2S. The van der Waals surface area contributed by atoms with E-state index in [0.29, 0.717) is 12.2 Å². The molecule has 2 aromatic rings. The Labute approximate surface area is 109 Å². The summed E-state index contributed by atoms with van der Waals surface area (Å²) in [7, 11) is 0. The maximum absolute atomic E-state index is 10.5. The molecule has 0 saturated heterocycles. The first kappa shape index (κ1) is 12.5. The molecule has 2 rings (SSSR count). The Kier molecular flexibility index (Phi) is 3.88. The third-order valence-corrected chi connectivity index (χ3v) is 3.28. The summed E-state index contributed by atoms with van der Waals surface area (Å²) in [5, 5.41) is 14.3. The fourth-order valence-electron chi connectivity index (χ4n) is 1.50. The van der Waals surface area contributed by atoms with E-state index < -0.39 is 5.97 Å². The molecule has 0 atom stereocenters. The van der Waals surface area contributed by atoms with Crippen LogP contribution in [0.5, 0.6) is 0 Å². The van der Waals surface area contributed by atoms with Crippen molar-refractivity contribution in [3.63, 3.8) is 0 Å². The molecule has 0 unspecified atom stereocenters. The lowest BCUT2D eigenvalue weighted by molar-refractivity contribution is -0.136. The van der Waals surface area contributed by atoms with Crippen molar-refractivity contribution in [2.24, 2.45) is 0 Å². The van der Waals surface area contributed by atoms with E-state index in [2.05, 4.69) is 15.3 Å². The van der Waals surface area contributed by atoms with Crippen molar-refractivity contribution in [2.75, 3.05) is 5.32 Å². The van der Waals surface area contributed by atoms with Gasteiger partial charge in [0.2, 0.25) is 0 Å².